The predicted octanol–water partition coefficient (Wildman–Crippen LogP) is 1.12. The number of piperazine rings is 1. The molecule has 0 aromatic heterocycles. The van der Waals surface area contributed by atoms with E-state index in [-0.39, 0.29) is 49.3 Å². The SMILES string of the molecule is CN[C@@H](C)C(=O)N[C@H](C(=O)N1CCN(C(=O)O)C[C@H]1C(=O)NC1CCCc2ccccc21)C(C)C. The number of rotatable bonds is 7. The van der Waals surface area contributed by atoms with Crippen molar-refractivity contribution in [3.05, 3.63) is 35.4 Å². The van der Waals surface area contributed by atoms with E-state index in [0.29, 0.717) is 0 Å². The van der Waals surface area contributed by atoms with Crippen LogP contribution in [0.3, 0.4) is 0 Å². The number of carboxylic acid groups (broad SMARTS) is 1. The van der Waals surface area contributed by atoms with Crippen molar-refractivity contribution in [2.75, 3.05) is 26.7 Å². The second-order valence-corrected chi connectivity index (χ2v) is 9.67. The highest BCUT2D eigenvalue weighted by Crippen LogP contribution is 2.30. The van der Waals surface area contributed by atoms with E-state index >= 15 is 0 Å². The lowest BCUT2D eigenvalue weighted by Gasteiger charge is -2.42. The molecule has 1 saturated heterocycles. The van der Waals surface area contributed by atoms with Gasteiger partial charge in [0.25, 0.3) is 0 Å². The number of benzene rings is 1. The Bertz CT molecular complexity index is 952. The standard InChI is InChI=1S/C25H37N5O5/c1-15(2)21(28-22(31)16(3)26-4)24(33)30-13-12-29(25(34)35)14-20(30)23(32)27-19-11-7-9-17-8-5-6-10-18(17)19/h5-6,8,10,15-16,19-21,26H,7,9,11-14H2,1-4H3,(H,27,32)(H,28,31)(H,34,35)/t16-,19?,20-,21-/m0/s1. The zero-order valence-electron chi connectivity index (χ0n) is 20.9. The maximum absolute atomic E-state index is 13.6. The maximum Gasteiger partial charge on any atom is 0.407 e. The Morgan fingerprint density at radius 2 is 1.80 bits per heavy atom. The van der Waals surface area contributed by atoms with Crippen LogP contribution in [0.25, 0.3) is 0 Å². The number of carbonyl (C=O) groups excluding carboxylic acids is 3. The molecular formula is C25H37N5O5. The summed E-state index contributed by atoms with van der Waals surface area (Å²) in [6, 6.07) is 5.47. The van der Waals surface area contributed by atoms with E-state index in [1.807, 2.05) is 32.0 Å². The quantitative estimate of drug-likeness (QED) is 0.456. The van der Waals surface area contributed by atoms with Crippen LogP contribution in [0.1, 0.15) is 50.8 Å². The number of aryl methyl sites for hydroxylation is 1. The van der Waals surface area contributed by atoms with Crippen molar-refractivity contribution in [2.45, 2.75) is 64.2 Å². The van der Waals surface area contributed by atoms with Gasteiger partial charge in [0.2, 0.25) is 17.7 Å². The number of hydrogen-bond acceptors (Lipinski definition) is 5. The molecule has 1 heterocycles. The van der Waals surface area contributed by atoms with Gasteiger partial charge in [-0.3, -0.25) is 14.4 Å². The zero-order valence-corrected chi connectivity index (χ0v) is 20.9. The summed E-state index contributed by atoms with van der Waals surface area (Å²) in [4.78, 5) is 53.9. The molecule has 10 heteroatoms. The summed E-state index contributed by atoms with van der Waals surface area (Å²) in [6.45, 7) is 5.41. The first kappa shape index (κ1) is 26.5. The molecule has 4 amide bonds. The van der Waals surface area contributed by atoms with Crippen LogP contribution in [0.4, 0.5) is 4.79 Å². The molecule has 0 radical (unpaired) electrons. The molecule has 4 atom stereocenters. The molecule has 0 bridgehead atoms. The molecule has 1 unspecified atom stereocenters. The Balaban J connectivity index is 1.83. The van der Waals surface area contributed by atoms with Gasteiger partial charge < -0.3 is 30.9 Å². The molecule has 4 N–H and O–H groups in total. The number of amides is 4. The lowest BCUT2D eigenvalue weighted by atomic mass is 9.87. The fourth-order valence-corrected chi connectivity index (χ4v) is 4.72. The lowest BCUT2D eigenvalue weighted by Crippen LogP contribution is -2.65. The minimum atomic E-state index is -1.13. The van der Waals surface area contributed by atoms with Crippen LogP contribution < -0.4 is 16.0 Å². The molecule has 3 rings (SSSR count). The zero-order chi connectivity index (χ0) is 25.7. The molecule has 10 nitrogen and oxygen atoms in total. The van der Waals surface area contributed by atoms with Crippen molar-refractivity contribution in [3.8, 4) is 0 Å². The largest absolute Gasteiger partial charge is 0.465 e. The van der Waals surface area contributed by atoms with Gasteiger partial charge in [0.1, 0.15) is 12.1 Å². The van der Waals surface area contributed by atoms with Crippen LogP contribution in [0, 0.1) is 5.92 Å². The van der Waals surface area contributed by atoms with Crippen molar-refractivity contribution < 1.29 is 24.3 Å². The van der Waals surface area contributed by atoms with Crippen LogP contribution in [0.2, 0.25) is 0 Å². The Morgan fingerprint density at radius 1 is 1.09 bits per heavy atom. The van der Waals surface area contributed by atoms with Gasteiger partial charge in [-0.1, -0.05) is 38.1 Å². The first-order valence-electron chi connectivity index (χ1n) is 12.3. The second-order valence-electron chi connectivity index (χ2n) is 9.67. The van der Waals surface area contributed by atoms with Gasteiger partial charge in [-0.05, 0) is 50.3 Å². The third-order valence-corrected chi connectivity index (χ3v) is 6.98. The minimum Gasteiger partial charge on any atom is -0.465 e. The van der Waals surface area contributed by atoms with Gasteiger partial charge in [0.15, 0.2) is 0 Å². The van der Waals surface area contributed by atoms with Crippen LogP contribution in [0.5, 0.6) is 0 Å². The molecule has 1 aliphatic carbocycles. The van der Waals surface area contributed by atoms with Gasteiger partial charge in [-0.25, -0.2) is 4.79 Å². The summed E-state index contributed by atoms with van der Waals surface area (Å²) in [5.41, 5.74) is 2.25. The Morgan fingerprint density at radius 3 is 2.46 bits per heavy atom. The number of nitrogens with one attached hydrogen (secondary N) is 3. The molecule has 1 aliphatic heterocycles. The summed E-state index contributed by atoms with van der Waals surface area (Å²) in [5.74, 6) is -1.31. The summed E-state index contributed by atoms with van der Waals surface area (Å²) in [5, 5.41) is 18.3. The number of fused-ring (bicyclic) bond motifs is 1. The Labute approximate surface area is 206 Å². The second kappa shape index (κ2) is 11.5. The monoisotopic (exact) mass is 487 g/mol. The van der Waals surface area contributed by atoms with Gasteiger partial charge in [0, 0.05) is 13.1 Å². The van der Waals surface area contributed by atoms with Crippen molar-refractivity contribution in [1.82, 2.24) is 25.8 Å². The minimum absolute atomic E-state index is 0.0745. The van der Waals surface area contributed by atoms with Crippen LogP contribution in [-0.4, -0.2) is 83.5 Å². The predicted molar refractivity (Wildman–Crippen MR) is 131 cm³/mol. The van der Waals surface area contributed by atoms with Crippen molar-refractivity contribution >= 4 is 23.8 Å². The molecule has 1 fully saturated rings. The summed E-state index contributed by atoms with van der Waals surface area (Å²) in [6.07, 6.45) is 1.53. The van der Waals surface area contributed by atoms with E-state index in [1.54, 1.807) is 14.0 Å². The number of nitrogens with zero attached hydrogens (tertiary/aromatic N) is 2. The van der Waals surface area contributed by atoms with Gasteiger partial charge in [0.05, 0.1) is 18.6 Å². The highest BCUT2D eigenvalue weighted by atomic mass is 16.4. The fourth-order valence-electron chi connectivity index (χ4n) is 4.72. The van der Waals surface area contributed by atoms with E-state index in [1.165, 1.54) is 10.5 Å². The highest BCUT2D eigenvalue weighted by molar-refractivity contribution is 5.94. The van der Waals surface area contributed by atoms with Gasteiger partial charge >= 0.3 is 6.09 Å². The fraction of sp³-hybridized carbons (Fsp3) is 0.600. The van der Waals surface area contributed by atoms with E-state index in [0.717, 1.165) is 29.7 Å². The summed E-state index contributed by atoms with van der Waals surface area (Å²) < 4.78 is 0. The third-order valence-electron chi connectivity index (χ3n) is 6.98. The smallest absolute Gasteiger partial charge is 0.407 e. The van der Waals surface area contributed by atoms with Crippen LogP contribution >= 0.6 is 0 Å². The van der Waals surface area contributed by atoms with E-state index in [4.69, 9.17) is 0 Å². The topological polar surface area (TPSA) is 131 Å². The highest BCUT2D eigenvalue weighted by Gasteiger charge is 2.41. The summed E-state index contributed by atoms with van der Waals surface area (Å²) in [7, 11) is 1.66. The van der Waals surface area contributed by atoms with Gasteiger partial charge in [-0.15, -0.1) is 0 Å². The molecule has 0 saturated carbocycles. The first-order valence-corrected chi connectivity index (χ1v) is 12.3. The van der Waals surface area contributed by atoms with Gasteiger partial charge in [-0.2, -0.15) is 0 Å². The summed E-state index contributed by atoms with van der Waals surface area (Å²) >= 11 is 0. The third kappa shape index (κ3) is 6.11. The van der Waals surface area contributed by atoms with Crippen molar-refractivity contribution in [2.24, 2.45) is 5.92 Å². The Kier molecular flexibility index (Phi) is 8.71. The van der Waals surface area contributed by atoms with Crippen molar-refractivity contribution in [1.29, 1.82) is 0 Å². The molecule has 1 aromatic carbocycles. The lowest BCUT2D eigenvalue weighted by molar-refractivity contribution is -0.147. The van der Waals surface area contributed by atoms with E-state index < -0.39 is 24.2 Å². The Hall–Kier alpha value is -3.14. The molecular weight excluding hydrogens is 450 g/mol. The molecule has 1 aromatic rings. The number of hydrogen-bond donors (Lipinski definition) is 4. The van der Waals surface area contributed by atoms with Crippen LogP contribution in [0.15, 0.2) is 24.3 Å². The molecule has 0 spiro atoms. The van der Waals surface area contributed by atoms with E-state index in [9.17, 15) is 24.3 Å². The average Bonchev–Trinajstić information content (AvgIpc) is 2.85. The number of carbonyl (C=O) groups is 4. The number of likely N-dealkylation sites (N-methyl/N-ethyl adjacent to an activating group) is 1. The van der Waals surface area contributed by atoms with E-state index in [2.05, 4.69) is 22.0 Å². The molecule has 35 heavy (non-hydrogen) atoms. The van der Waals surface area contributed by atoms with Crippen molar-refractivity contribution in [3.63, 3.8) is 0 Å². The van der Waals surface area contributed by atoms with Crippen LogP contribution in [-0.2, 0) is 20.8 Å². The normalized spacial score (nSPS) is 21.6. The molecule has 192 valence electrons. The molecule has 2 aliphatic rings. The first-order chi connectivity index (χ1) is 16.6. The average molecular weight is 488 g/mol. The maximum atomic E-state index is 13.6.